The molecule has 2 N–H and O–H groups in total. The van der Waals surface area contributed by atoms with E-state index in [1.165, 1.54) is 6.07 Å². The van der Waals surface area contributed by atoms with E-state index >= 15 is 0 Å². The highest BCUT2D eigenvalue weighted by molar-refractivity contribution is 6.30. The molecule has 2 unspecified atom stereocenters. The molecule has 1 aliphatic rings. The van der Waals surface area contributed by atoms with E-state index in [9.17, 15) is 4.39 Å². The van der Waals surface area contributed by atoms with E-state index in [0.29, 0.717) is 17.5 Å². The molecule has 1 aliphatic carbocycles. The van der Waals surface area contributed by atoms with Crippen molar-refractivity contribution in [3.05, 3.63) is 34.6 Å². The number of rotatable bonds is 2. The van der Waals surface area contributed by atoms with E-state index < -0.39 is 0 Å². The Kier molecular flexibility index (Phi) is 2.52. The molecule has 3 heteroatoms. The number of hydrogen-bond donors (Lipinski definition) is 1. The average Bonchev–Trinajstić information content (AvgIpc) is 2.68. The Labute approximate surface area is 94.4 Å². The molecule has 0 heterocycles. The topological polar surface area (TPSA) is 26.0 Å². The summed E-state index contributed by atoms with van der Waals surface area (Å²) in [6.45, 7) is 4.87. The molecule has 1 fully saturated rings. The van der Waals surface area contributed by atoms with Crippen molar-refractivity contribution in [3.63, 3.8) is 0 Å². The van der Waals surface area contributed by atoms with Crippen LogP contribution in [0.4, 0.5) is 4.39 Å². The first-order valence-electron chi connectivity index (χ1n) is 5.13. The van der Waals surface area contributed by atoms with Gasteiger partial charge in [-0.3, -0.25) is 0 Å². The van der Waals surface area contributed by atoms with Crippen LogP contribution in [0.1, 0.15) is 25.3 Å². The standard InChI is InChI=1S/C12H15ClFN/c1-12(2)9(6-15)11(12)8-4-3-7(13)5-10(8)14/h3-5,9,11H,6,15H2,1-2H3. The number of benzene rings is 1. The normalized spacial score (nSPS) is 27.8. The molecule has 2 rings (SSSR count). The van der Waals surface area contributed by atoms with Gasteiger partial charge in [0.15, 0.2) is 0 Å². The molecule has 1 nitrogen and oxygen atoms in total. The zero-order valence-corrected chi connectivity index (χ0v) is 9.68. The molecule has 82 valence electrons. The van der Waals surface area contributed by atoms with Crippen LogP contribution >= 0.6 is 11.6 Å². The SMILES string of the molecule is CC1(C)C(CN)C1c1ccc(Cl)cc1F. The second kappa shape index (κ2) is 3.46. The second-order valence-electron chi connectivity index (χ2n) is 4.81. The van der Waals surface area contributed by atoms with Gasteiger partial charge < -0.3 is 5.73 Å². The van der Waals surface area contributed by atoms with Crippen molar-refractivity contribution in [2.75, 3.05) is 6.54 Å². The van der Waals surface area contributed by atoms with Crippen molar-refractivity contribution in [2.24, 2.45) is 17.1 Å². The average molecular weight is 228 g/mol. The molecule has 0 spiro atoms. The minimum Gasteiger partial charge on any atom is -0.330 e. The summed E-state index contributed by atoms with van der Waals surface area (Å²) in [5.41, 5.74) is 6.53. The lowest BCUT2D eigenvalue weighted by Crippen LogP contribution is -2.05. The van der Waals surface area contributed by atoms with Gasteiger partial charge in [0.25, 0.3) is 0 Å². The first-order chi connectivity index (χ1) is 6.98. The quantitative estimate of drug-likeness (QED) is 0.825. The summed E-state index contributed by atoms with van der Waals surface area (Å²) in [5, 5.41) is 0.444. The zero-order valence-electron chi connectivity index (χ0n) is 8.93. The van der Waals surface area contributed by atoms with Gasteiger partial charge in [-0.1, -0.05) is 31.5 Å². The molecule has 15 heavy (non-hydrogen) atoms. The summed E-state index contributed by atoms with van der Waals surface area (Å²) >= 11 is 5.72. The molecule has 1 aromatic rings. The summed E-state index contributed by atoms with van der Waals surface area (Å²) in [5.74, 6) is 0.407. The van der Waals surface area contributed by atoms with Crippen LogP contribution in [0.3, 0.4) is 0 Å². The summed E-state index contributed by atoms with van der Waals surface area (Å²) < 4.78 is 13.7. The highest BCUT2D eigenvalue weighted by atomic mass is 35.5. The van der Waals surface area contributed by atoms with Crippen molar-refractivity contribution in [2.45, 2.75) is 19.8 Å². The van der Waals surface area contributed by atoms with E-state index in [0.717, 1.165) is 5.56 Å². The van der Waals surface area contributed by atoms with Gasteiger partial charge in [-0.05, 0) is 41.5 Å². The molecule has 0 saturated heterocycles. The van der Waals surface area contributed by atoms with Crippen molar-refractivity contribution >= 4 is 11.6 Å². The summed E-state index contributed by atoms with van der Waals surface area (Å²) in [6, 6.07) is 4.89. The van der Waals surface area contributed by atoms with Crippen molar-refractivity contribution in [1.29, 1.82) is 0 Å². The monoisotopic (exact) mass is 227 g/mol. The number of hydrogen-bond acceptors (Lipinski definition) is 1. The fraction of sp³-hybridized carbons (Fsp3) is 0.500. The van der Waals surface area contributed by atoms with E-state index in [1.807, 2.05) is 0 Å². The lowest BCUT2D eigenvalue weighted by atomic mass is 10.0. The van der Waals surface area contributed by atoms with Gasteiger partial charge >= 0.3 is 0 Å². The van der Waals surface area contributed by atoms with E-state index in [1.54, 1.807) is 12.1 Å². The van der Waals surface area contributed by atoms with Crippen LogP contribution in [-0.4, -0.2) is 6.54 Å². The summed E-state index contributed by atoms with van der Waals surface area (Å²) in [7, 11) is 0. The maximum atomic E-state index is 13.7. The predicted molar refractivity (Wildman–Crippen MR) is 60.5 cm³/mol. The smallest absolute Gasteiger partial charge is 0.128 e. The molecule has 0 aliphatic heterocycles. The first-order valence-corrected chi connectivity index (χ1v) is 5.51. The van der Waals surface area contributed by atoms with Crippen LogP contribution in [0.5, 0.6) is 0 Å². The van der Waals surface area contributed by atoms with E-state index in [-0.39, 0.29) is 17.2 Å². The lowest BCUT2D eigenvalue weighted by molar-refractivity contribution is 0.551. The third-order valence-electron chi connectivity index (χ3n) is 3.60. The molecule has 0 amide bonds. The fourth-order valence-corrected chi connectivity index (χ4v) is 2.71. The molecule has 2 atom stereocenters. The Morgan fingerprint density at radius 1 is 1.47 bits per heavy atom. The van der Waals surface area contributed by atoms with Crippen molar-refractivity contribution in [1.82, 2.24) is 0 Å². The summed E-state index contributed by atoms with van der Waals surface area (Å²) in [6.07, 6.45) is 0. The van der Waals surface area contributed by atoms with Crippen LogP contribution in [0, 0.1) is 17.2 Å². The van der Waals surface area contributed by atoms with Gasteiger partial charge in [-0.2, -0.15) is 0 Å². The lowest BCUT2D eigenvalue weighted by Gasteiger charge is -2.04. The third kappa shape index (κ3) is 1.66. The molecule has 0 bridgehead atoms. The van der Waals surface area contributed by atoms with Crippen molar-refractivity contribution in [3.8, 4) is 0 Å². The molecular weight excluding hydrogens is 213 g/mol. The molecule has 1 aromatic carbocycles. The van der Waals surface area contributed by atoms with E-state index in [4.69, 9.17) is 17.3 Å². The largest absolute Gasteiger partial charge is 0.330 e. The van der Waals surface area contributed by atoms with Gasteiger partial charge in [0.2, 0.25) is 0 Å². The number of halogens is 2. The Balaban J connectivity index is 2.33. The van der Waals surface area contributed by atoms with E-state index in [2.05, 4.69) is 13.8 Å². The Hall–Kier alpha value is -0.600. The zero-order chi connectivity index (χ0) is 11.2. The van der Waals surface area contributed by atoms with Crippen LogP contribution in [0.25, 0.3) is 0 Å². The van der Waals surface area contributed by atoms with Gasteiger partial charge in [-0.15, -0.1) is 0 Å². The minimum atomic E-state index is -0.212. The third-order valence-corrected chi connectivity index (χ3v) is 3.84. The second-order valence-corrected chi connectivity index (χ2v) is 5.24. The molecular formula is C12H15ClFN. The molecule has 0 aromatic heterocycles. The van der Waals surface area contributed by atoms with Gasteiger partial charge in [-0.25, -0.2) is 4.39 Å². The first kappa shape index (κ1) is 10.9. The Morgan fingerprint density at radius 2 is 2.13 bits per heavy atom. The Morgan fingerprint density at radius 3 is 2.60 bits per heavy atom. The van der Waals surface area contributed by atoms with Crippen LogP contribution in [-0.2, 0) is 0 Å². The predicted octanol–water partition coefficient (Wildman–Crippen LogP) is 3.18. The number of nitrogens with two attached hydrogens (primary N) is 1. The Bertz CT molecular complexity index is 389. The molecule has 0 radical (unpaired) electrons. The summed E-state index contributed by atoms with van der Waals surface area (Å²) in [4.78, 5) is 0. The van der Waals surface area contributed by atoms with Crippen LogP contribution in [0.15, 0.2) is 18.2 Å². The highest BCUT2D eigenvalue weighted by Gasteiger charge is 2.57. The van der Waals surface area contributed by atoms with Crippen molar-refractivity contribution < 1.29 is 4.39 Å². The highest BCUT2D eigenvalue weighted by Crippen LogP contribution is 2.64. The fourth-order valence-electron chi connectivity index (χ4n) is 2.56. The van der Waals surface area contributed by atoms with Crippen LogP contribution < -0.4 is 5.73 Å². The minimum absolute atomic E-state index is 0.115. The maximum Gasteiger partial charge on any atom is 0.128 e. The van der Waals surface area contributed by atoms with Gasteiger partial charge in [0.1, 0.15) is 5.82 Å². The molecule has 1 saturated carbocycles. The van der Waals surface area contributed by atoms with Crippen LogP contribution in [0.2, 0.25) is 5.02 Å². The van der Waals surface area contributed by atoms with Gasteiger partial charge in [0, 0.05) is 5.02 Å². The van der Waals surface area contributed by atoms with Gasteiger partial charge in [0.05, 0.1) is 0 Å². The maximum absolute atomic E-state index is 13.7.